The lowest BCUT2D eigenvalue weighted by Crippen LogP contribution is -2.45. The Morgan fingerprint density at radius 1 is 1.24 bits per heavy atom. The molecule has 1 aliphatic carbocycles. The fraction of sp³-hybridized carbons (Fsp3) is 0.346. The van der Waals surface area contributed by atoms with E-state index in [1.54, 1.807) is 12.4 Å². The molecule has 1 aromatic carbocycles. The van der Waals surface area contributed by atoms with E-state index in [1.165, 1.54) is 0 Å². The average Bonchev–Trinajstić information content (AvgIpc) is 3.57. The van der Waals surface area contributed by atoms with Crippen molar-refractivity contribution in [3.63, 3.8) is 0 Å². The van der Waals surface area contributed by atoms with E-state index in [2.05, 4.69) is 69.6 Å². The van der Waals surface area contributed by atoms with E-state index in [4.69, 9.17) is 23.2 Å². The number of pyridine rings is 2. The molecule has 11 heteroatoms. The van der Waals surface area contributed by atoms with Gasteiger partial charge in [-0.1, -0.05) is 50.0 Å². The van der Waals surface area contributed by atoms with E-state index in [9.17, 15) is 5.26 Å². The van der Waals surface area contributed by atoms with Crippen molar-refractivity contribution in [3.8, 4) is 6.07 Å². The van der Waals surface area contributed by atoms with Gasteiger partial charge in [-0.25, -0.2) is 4.98 Å². The van der Waals surface area contributed by atoms with Crippen LogP contribution in [-0.4, -0.2) is 35.4 Å². The van der Waals surface area contributed by atoms with Crippen LogP contribution >= 0.6 is 23.2 Å². The van der Waals surface area contributed by atoms with E-state index in [1.807, 2.05) is 32.1 Å². The summed E-state index contributed by atoms with van der Waals surface area (Å²) >= 11 is 13.4. The summed E-state index contributed by atoms with van der Waals surface area (Å²) in [6.07, 6.45) is 7.61. The van der Waals surface area contributed by atoms with E-state index >= 15 is 0 Å². The van der Waals surface area contributed by atoms with Gasteiger partial charge in [-0.05, 0) is 36.5 Å². The SMILES string of the molecule is BC(Nc1cc(Cl)c2ncc(C#N)c(NCC(C)(C)C)c2c1)(C1=CN(C2CC2)NN1)c1cccnc1Cl. The van der Waals surface area contributed by atoms with E-state index < -0.39 is 5.44 Å². The Morgan fingerprint density at radius 2 is 2.03 bits per heavy atom. The minimum atomic E-state index is -0.780. The summed E-state index contributed by atoms with van der Waals surface area (Å²) in [4.78, 5) is 8.82. The van der Waals surface area contributed by atoms with Crippen LogP contribution in [0.4, 0.5) is 11.4 Å². The lowest BCUT2D eigenvalue weighted by Gasteiger charge is -2.34. The molecule has 190 valence electrons. The maximum Gasteiger partial charge on any atom is 0.148 e. The molecule has 2 aromatic heterocycles. The zero-order valence-corrected chi connectivity index (χ0v) is 22.8. The van der Waals surface area contributed by atoms with Crippen molar-refractivity contribution in [1.82, 2.24) is 25.9 Å². The second-order valence-corrected chi connectivity index (χ2v) is 11.7. The van der Waals surface area contributed by atoms with Crippen LogP contribution in [0.5, 0.6) is 0 Å². The summed E-state index contributed by atoms with van der Waals surface area (Å²) in [6, 6.07) is 10.4. The molecule has 1 fully saturated rings. The van der Waals surface area contributed by atoms with Crippen molar-refractivity contribution in [2.24, 2.45) is 5.41 Å². The van der Waals surface area contributed by atoms with Crippen molar-refractivity contribution in [2.75, 3.05) is 17.2 Å². The van der Waals surface area contributed by atoms with Crippen molar-refractivity contribution >= 4 is 53.3 Å². The van der Waals surface area contributed by atoms with Gasteiger partial charge in [0.1, 0.15) is 19.1 Å². The molecule has 1 saturated carbocycles. The molecule has 8 nitrogen and oxygen atoms in total. The number of hydrogen-bond acceptors (Lipinski definition) is 8. The first-order chi connectivity index (χ1) is 17.6. The molecule has 3 aromatic rings. The molecule has 1 atom stereocenters. The van der Waals surface area contributed by atoms with Crippen LogP contribution in [0.3, 0.4) is 0 Å². The largest absolute Gasteiger partial charge is 0.383 e. The van der Waals surface area contributed by atoms with E-state index in [0.717, 1.165) is 35.2 Å². The molecule has 2 aliphatic rings. The quantitative estimate of drug-likeness (QED) is 0.260. The summed E-state index contributed by atoms with van der Waals surface area (Å²) in [5.74, 6) is 0. The Bertz CT molecular complexity index is 1430. The summed E-state index contributed by atoms with van der Waals surface area (Å²) in [5.41, 5.74) is 10.1. The molecule has 0 amide bonds. The molecule has 1 aliphatic heterocycles. The molecule has 0 spiro atoms. The van der Waals surface area contributed by atoms with Gasteiger partial charge in [0, 0.05) is 47.8 Å². The highest BCUT2D eigenvalue weighted by molar-refractivity contribution is 6.36. The highest BCUT2D eigenvalue weighted by Crippen LogP contribution is 2.39. The van der Waals surface area contributed by atoms with E-state index in [-0.39, 0.29) is 5.41 Å². The minimum Gasteiger partial charge on any atom is -0.383 e. The van der Waals surface area contributed by atoms with Gasteiger partial charge in [-0.15, -0.1) is 5.53 Å². The number of anilines is 2. The number of hydrogen-bond donors (Lipinski definition) is 4. The number of nitriles is 1. The van der Waals surface area contributed by atoms with Crippen LogP contribution in [0.15, 0.2) is 48.6 Å². The van der Waals surface area contributed by atoms with Crippen molar-refractivity contribution < 1.29 is 0 Å². The summed E-state index contributed by atoms with van der Waals surface area (Å²) in [7, 11) is 2.05. The van der Waals surface area contributed by atoms with Crippen molar-refractivity contribution in [2.45, 2.75) is 45.1 Å². The van der Waals surface area contributed by atoms with Gasteiger partial charge in [0.05, 0.1) is 32.9 Å². The molecular weight excluding hydrogens is 506 g/mol. The van der Waals surface area contributed by atoms with Gasteiger partial charge in [-0.2, -0.15) is 5.26 Å². The predicted octanol–water partition coefficient (Wildman–Crippen LogP) is 4.49. The third-order valence-corrected chi connectivity index (χ3v) is 7.19. The first-order valence-electron chi connectivity index (χ1n) is 12.3. The van der Waals surface area contributed by atoms with Gasteiger partial charge < -0.3 is 16.1 Å². The number of hydrazine groups is 2. The molecule has 0 saturated heterocycles. The Labute approximate surface area is 227 Å². The van der Waals surface area contributed by atoms with Crippen LogP contribution in [-0.2, 0) is 5.44 Å². The zero-order chi connectivity index (χ0) is 26.4. The molecule has 0 radical (unpaired) electrons. The van der Waals surface area contributed by atoms with Crippen LogP contribution in [0.1, 0.15) is 44.7 Å². The molecule has 5 rings (SSSR count). The Kier molecular flexibility index (Phi) is 6.61. The maximum absolute atomic E-state index is 9.80. The van der Waals surface area contributed by atoms with E-state index in [0.29, 0.717) is 39.5 Å². The summed E-state index contributed by atoms with van der Waals surface area (Å²) in [5, 5.41) is 20.7. The molecule has 37 heavy (non-hydrogen) atoms. The van der Waals surface area contributed by atoms with Crippen molar-refractivity contribution in [3.05, 3.63) is 69.9 Å². The Hall–Kier alpha value is -3.19. The molecule has 3 heterocycles. The number of benzene rings is 1. The second-order valence-electron chi connectivity index (χ2n) is 10.9. The van der Waals surface area contributed by atoms with Gasteiger partial charge >= 0.3 is 0 Å². The highest BCUT2D eigenvalue weighted by atomic mass is 35.5. The average molecular weight is 535 g/mol. The molecule has 4 N–H and O–H groups in total. The smallest absolute Gasteiger partial charge is 0.148 e. The highest BCUT2D eigenvalue weighted by Gasteiger charge is 2.39. The summed E-state index contributed by atoms with van der Waals surface area (Å²) < 4.78 is 0. The lowest BCUT2D eigenvalue weighted by atomic mass is 9.70. The number of aromatic nitrogens is 2. The Morgan fingerprint density at radius 3 is 2.70 bits per heavy atom. The summed E-state index contributed by atoms with van der Waals surface area (Å²) in [6.45, 7) is 7.10. The van der Waals surface area contributed by atoms with Crippen LogP contribution in [0.2, 0.25) is 10.2 Å². The fourth-order valence-electron chi connectivity index (χ4n) is 4.42. The monoisotopic (exact) mass is 534 g/mol. The maximum atomic E-state index is 9.80. The molecule has 0 bridgehead atoms. The normalized spacial score (nSPS) is 17.1. The fourth-order valence-corrected chi connectivity index (χ4v) is 5.00. The third kappa shape index (κ3) is 5.15. The topological polar surface area (TPSA) is 101 Å². The zero-order valence-electron chi connectivity index (χ0n) is 21.3. The first kappa shape index (κ1) is 25.5. The first-order valence-corrected chi connectivity index (χ1v) is 13.0. The molecule has 1 unspecified atom stereocenters. The molecular formula is C26H29BCl2N8. The number of nitrogens with zero attached hydrogens (tertiary/aromatic N) is 4. The van der Waals surface area contributed by atoms with Gasteiger partial charge in [-0.3, -0.25) is 9.99 Å². The van der Waals surface area contributed by atoms with Crippen LogP contribution in [0.25, 0.3) is 10.9 Å². The van der Waals surface area contributed by atoms with Gasteiger partial charge in [0.2, 0.25) is 0 Å². The van der Waals surface area contributed by atoms with Crippen LogP contribution in [0, 0.1) is 16.7 Å². The van der Waals surface area contributed by atoms with Gasteiger partial charge in [0.15, 0.2) is 0 Å². The Balaban J connectivity index is 1.61. The standard InChI is InChI=1S/C26H29BCl2N8/c1-25(2,3)14-33-22-15(11-30)12-32-23-18(22)9-16(10-20(23)28)34-26(27,19-5-4-8-31-24(19)29)21-13-37(36-35-21)17-6-7-17/h4-5,8-10,12-13,17,34-36H,6-7,14,27H2,1-3H3,(H,32,33). The van der Waals surface area contributed by atoms with Gasteiger partial charge in [0.25, 0.3) is 0 Å². The minimum absolute atomic E-state index is 0.0126. The second kappa shape index (κ2) is 9.60. The lowest BCUT2D eigenvalue weighted by molar-refractivity contribution is 0.260. The number of halogens is 2. The number of nitrogens with one attached hydrogen (secondary N) is 4. The van der Waals surface area contributed by atoms with Crippen molar-refractivity contribution in [1.29, 1.82) is 5.26 Å². The van der Waals surface area contributed by atoms with Crippen LogP contribution < -0.4 is 21.6 Å². The third-order valence-electron chi connectivity index (χ3n) is 6.60. The number of fused-ring (bicyclic) bond motifs is 1. The number of rotatable bonds is 7. The predicted molar refractivity (Wildman–Crippen MR) is 152 cm³/mol.